The lowest BCUT2D eigenvalue weighted by molar-refractivity contribution is -0.384. The summed E-state index contributed by atoms with van der Waals surface area (Å²) in [5, 5.41) is 13.9. The predicted octanol–water partition coefficient (Wildman–Crippen LogP) is 2.29. The molecule has 1 atom stereocenters. The van der Waals surface area contributed by atoms with E-state index in [9.17, 15) is 10.1 Å². The van der Waals surface area contributed by atoms with Gasteiger partial charge in [-0.15, -0.1) is 12.4 Å². The minimum Gasteiger partial charge on any atom is -0.445 e. The topological polar surface area (TPSA) is 90.4 Å². The molecule has 108 valence electrons. The molecule has 3 rings (SSSR count). The van der Waals surface area contributed by atoms with Crippen LogP contribution in [0.3, 0.4) is 0 Å². The van der Waals surface area contributed by atoms with Crippen LogP contribution in [0.4, 0.5) is 5.69 Å². The zero-order valence-corrected chi connectivity index (χ0v) is 11.4. The molecule has 2 heterocycles. The number of nitro groups is 1. The Bertz CT molecular complexity index is 610. The number of aromatic nitrogens is 1. The zero-order chi connectivity index (χ0) is 13.2. The van der Waals surface area contributed by atoms with Crippen LogP contribution in [-0.4, -0.2) is 29.1 Å². The highest BCUT2D eigenvalue weighted by molar-refractivity contribution is 5.85. The molecule has 0 bridgehead atoms. The number of fused-ring (bicyclic) bond motifs is 1. The Morgan fingerprint density at radius 1 is 1.50 bits per heavy atom. The number of benzene rings is 1. The van der Waals surface area contributed by atoms with Crippen molar-refractivity contribution in [2.45, 2.75) is 18.9 Å². The van der Waals surface area contributed by atoms with E-state index in [1.807, 2.05) is 0 Å². The van der Waals surface area contributed by atoms with Crippen molar-refractivity contribution >= 4 is 29.2 Å². The van der Waals surface area contributed by atoms with E-state index in [0.29, 0.717) is 11.1 Å². The van der Waals surface area contributed by atoms with Crippen LogP contribution < -0.4 is 10.1 Å². The number of nitro benzene ring substituents is 1. The van der Waals surface area contributed by atoms with Crippen LogP contribution >= 0.6 is 12.4 Å². The average Bonchev–Trinajstić information content (AvgIpc) is 2.80. The fourth-order valence-corrected chi connectivity index (χ4v) is 2.12. The largest absolute Gasteiger partial charge is 0.445 e. The molecule has 1 aliphatic heterocycles. The number of oxazole rings is 1. The highest BCUT2D eigenvalue weighted by Gasteiger charge is 2.18. The normalized spacial score (nSPS) is 18.5. The van der Waals surface area contributed by atoms with Gasteiger partial charge >= 0.3 is 6.08 Å². The third-order valence-corrected chi connectivity index (χ3v) is 3.08. The van der Waals surface area contributed by atoms with Gasteiger partial charge < -0.3 is 14.5 Å². The van der Waals surface area contributed by atoms with Crippen LogP contribution in [0.1, 0.15) is 12.8 Å². The first-order valence-electron chi connectivity index (χ1n) is 6.15. The summed E-state index contributed by atoms with van der Waals surface area (Å²) in [5.41, 5.74) is 0.920. The molecule has 2 aromatic rings. The molecule has 1 fully saturated rings. The number of piperidine rings is 1. The van der Waals surface area contributed by atoms with Gasteiger partial charge in [-0.1, -0.05) is 0 Å². The number of halogens is 1. The maximum Gasteiger partial charge on any atom is 0.394 e. The molecule has 1 aliphatic rings. The number of hydrogen-bond acceptors (Lipinski definition) is 6. The van der Waals surface area contributed by atoms with Crippen molar-refractivity contribution in [3.8, 4) is 6.08 Å². The molecule has 0 unspecified atom stereocenters. The first kappa shape index (κ1) is 14.5. The van der Waals surface area contributed by atoms with Crippen LogP contribution in [0.2, 0.25) is 0 Å². The molecular formula is C12H14ClN3O4. The monoisotopic (exact) mass is 299 g/mol. The lowest BCUT2D eigenvalue weighted by atomic mass is 10.1. The lowest BCUT2D eigenvalue weighted by Crippen LogP contribution is -2.37. The summed E-state index contributed by atoms with van der Waals surface area (Å²) < 4.78 is 11.1. The number of hydrogen-bond donors (Lipinski definition) is 1. The quantitative estimate of drug-likeness (QED) is 0.690. The Kier molecular flexibility index (Phi) is 4.41. The molecule has 0 amide bonds. The van der Waals surface area contributed by atoms with Gasteiger partial charge in [0.05, 0.1) is 4.92 Å². The van der Waals surface area contributed by atoms with Crippen LogP contribution in [0.15, 0.2) is 22.6 Å². The van der Waals surface area contributed by atoms with E-state index >= 15 is 0 Å². The third-order valence-electron chi connectivity index (χ3n) is 3.08. The molecule has 20 heavy (non-hydrogen) atoms. The van der Waals surface area contributed by atoms with E-state index in [0.717, 1.165) is 25.9 Å². The molecule has 1 aromatic carbocycles. The highest BCUT2D eigenvalue weighted by atomic mass is 35.5. The van der Waals surface area contributed by atoms with Gasteiger partial charge in [-0.3, -0.25) is 10.1 Å². The number of non-ortho nitro benzene ring substituents is 1. The first-order valence-corrected chi connectivity index (χ1v) is 6.15. The van der Waals surface area contributed by atoms with Crippen LogP contribution in [0.25, 0.3) is 11.1 Å². The van der Waals surface area contributed by atoms with Crippen LogP contribution in [0, 0.1) is 10.1 Å². The van der Waals surface area contributed by atoms with Crippen molar-refractivity contribution in [2.75, 3.05) is 13.1 Å². The van der Waals surface area contributed by atoms with E-state index in [2.05, 4.69) is 10.3 Å². The fraction of sp³-hybridized carbons (Fsp3) is 0.417. The number of nitrogens with zero attached hydrogens (tertiary/aromatic N) is 2. The van der Waals surface area contributed by atoms with Gasteiger partial charge in [0.2, 0.25) is 0 Å². The molecule has 0 aliphatic carbocycles. The fourth-order valence-electron chi connectivity index (χ4n) is 2.12. The summed E-state index contributed by atoms with van der Waals surface area (Å²) >= 11 is 0. The van der Waals surface area contributed by atoms with Crippen molar-refractivity contribution in [3.05, 3.63) is 28.3 Å². The molecule has 0 spiro atoms. The number of rotatable bonds is 3. The molecular weight excluding hydrogens is 286 g/mol. The molecule has 8 heteroatoms. The van der Waals surface area contributed by atoms with E-state index < -0.39 is 4.92 Å². The standard InChI is InChI=1S/C12H13N3O4.ClH/c16-15(17)8-3-4-11-10(6-8)14-12(19-11)18-9-2-1-5-13-7-9;/h3-4,6,9,13H,1-2,5,7H2;1H/t9-;/m1./s1. The summed E-state index contributed by atoms with van der Waals surface area (Å²) in [6.45, 7) is 1.76. The Hall–Kier alpha value is -1.86. The Morgan fingerprint density at radius 2 is 2.35 bits per heavy atom. The maximum atomic E-state index is 10.7. The van der Waals surface area contributed by atoms with E-state index in [1.54, 1.807) is 0 Å². The Labute approximate surface area is 120 Å². The van der Waals surface area contributed by atoms with Crippen molar-refractivity contribution in [3.63, 3.8) is 0 Å². The molecule has 1 aromatic heterocycles. The van der Waals surface area contributed by atoms with Gasteiger partial charge in [0.1, 0.15) is 11.6 Å². The van der Waals surface area contributed by atoms with Gasteiger partial charge in [0.25, 0.3) is 5.69 Å². The zero-order valence-electron chi connectivity index (χ0n) is 10.6. The summed E-state index contributed by atoms with van der Waals surface area (Å²) in [6.07, 6.45) is 2.21. The van der Waals surface area contributed by atoms with Gasteiger partial charge in [-0.2, -0.15) is 4.98 Å². The molecule has 1 saturated heterocycles. The highest BCUT2D eigenvalue weighted by Crippen LogP contribution is 2.25. The second-order valence-electron chi connectivity index (χ2n) is 4.48. The summed E-state index contributed by atoms with van der Waals surface area (Å²) in [7, 11) is 0. The summed E-state index contributed by atoms with van der Waals surface area (Å²) in [5.74, 6) is 0. The van der Waals surface area contributed by atoms with Gasteiger partial charge in [-0.05, 0) is 25.5 Å². The van der Waals surface area contributed by atoms with Crippen LogP contribution in [-0.2, 0) is 0 Å². The summed E-state index contributed by atoms with van der Waals surface area (Å²) in [4.78, 5) is 14.3. The third kappa shape index (κ3) is 3.00. The van der Waals surface area contributed by atoms with Crippen LogP contribution in [0.5, 0.6) is 6.08 Å². The molecule has 0 radical (unpaired) electrons. The van der Waals surface area contributed by atoms with Crippen molar-refractivity contribution in [2.24, 2.45) is 0 Å². The maximum absolute atomic E-state index is 10.7. The van der Waals surface area contributed by atoms with Crippen molar-refractivity contribution in [1.82, 2.24) is 10.3 Å². The predicted molar refractivity (Wildman–Crippen MR) is 74.4 cm³/mol. The number of ether oxygens (including phenoxy) is 1. The van der Waals surface area contributed by atoms with Gasteiger partial charge in [-0.25, -0.2) is 0 Å². The second-order valence-corrected chi connectivity index (χ2v) is 4.48. The molecule has 7 nitrogen and oxygen atoms in total. The molecule has 1 N–H and O–H groups in total. The Balaban J connectivity index is 0.00000147. The van der Waals surface area contributed by atoms with Crippen molar-refractivity contribution < 1.29 is 14.1 Å². The van der Waals surface area contributed by atoms with E-state index in [1.165, 1.54) is 18.2 Å². The van der Waals surface area contributed by atoms with Gasteiger partial charge in [0.15, 0.2) is 5.58 Å². The molecule has 0 saturated carbocycles. The van der Waals surface area contributed by atoms with E-state index in [-0.39, 0.29) is 30.3 Å². The minimum atomic E-state index is -0.459. The van der Waals surface area contributed by atoms with Crippen molar-refractivity contribution in [1.29, 1.82) is 0 Å². The second kappa shape index (κ2) is 6.06. The number of nitrogens with one attached hydrogen (secondary N) is 1. The lowest BCUT2D eigenvalue weighted by Gasteiger charge is -2.21. The minimum absolute atomic E-state index is 0. The van der Waals surface area contributed by atoms with E-state index in [4.69, 9.17) is 9.15 Å². The summed E-state index contributed by atoms with van der Waals surface area (Å²) in [6, 6.07) is 4.30. The SMILES string of the molecule is Cl.O=[N+]([O-])c1ccc2oc(O[C@@H]3CCCNC3)nc2c1. The van der Waals surface area contributed by atoms with Gasteiger partial charge in [0, 0.05) is 18.7 Å². The average molecular weight is 300 g/mol. The first-order chi connectivity index (χ1) is 9.22. The smallest absolute Gasteiger partial charge is 0.394 e. The Morgan fingerprint density at radius 3 is 3.05 bits per heavy atom.